The summed E-state index contributed by atoms with van der Waals surface area (Å²) in [6, 6.07) is 5.85. The molecule has 1 rings (SSSR count). The molecular formula is C23H39N3O3. The van der Waals surface area contributed by atoms with Crippen LogP contribution in [-0.2, 0) is 0 Å². The van der Waals surface area contributed by atoms with E-state index in [1.54, 1.807) is 0 Å². The maximum Gasteiger partial charge on any atom is 0.256 e. The number of nitrogens with zero attached hydrogens (tertiary/aromatic N) is 1. The molecule has 0 saturated heterocycles. The zero-order valence-electron chi connectivity index (χ0n) is 17.9. The number of carbonyl (C=O) groups excluding carboxylic acids is 1. The van der Waals surface area contributed by atoms with Crippen molar-refractivity contribution in [3.05, 3.63) is 29.8 Å². The molecule has 5 N–H and O–H groups in total. The minimum atomic E-state index is -1.43. The molecule has 0 fully saturated rings. The number of rotatable bonds is 16. The highest BCUT2D eigenvalue weighted by atomic mass is 16.3. The summed E-state index contributed by atoms with van der Waals surface area (Å²) >= 11 is 0. The summed E-state index contributed by atoms with van der Waals surface area (Å²) in [5, 5.41) is 27.0. The number of aromatic hydroxyl groups is 1. The van der Waals surface area contributed by atoms with Gasteiger partial charge in [-0.1, -0.05) is 77.6 Å². The van der Waals surface area contributed by atoms with E-state index >= 15 is 0 Å². The van der Waals surface area contributed by atoms with Gasteiger partial charge in [-0.15, -0.1) is 0 Å². The summed E-state index contributed by atoms with van der Waals surface area (Å²) in [5.74, 6) is -0.770. The van der Waals surface area contributed by atoms with Crippen molar-refractivity contribution in [3.63, 3.8) is 0 Å². The van der Waals surface area contributed by atoms with Crippen LogP contribution in [0.5, 0.6) is 5.75 Å². The van der Waals surface area contributed by atoms with Crippen LogP contribution >= 0.6 is 0 Å². The van der Waals surface area contributed by atoms with Gasteiger partial charge in [-0.25, -0.2) is 0 Å². The van der Waals surface area contributed by atoms with Crippen molar-refractivity contribution < 1.29 is 15.0 Å². The molecule has 164 valence electrons. The lowest BCUT2D eigenvalue weighted by molar-refractivity contribution is 0.0363. The van der Waals surface area contributed by atoms with Crippen LogP contribution in [-0.4, -0.2) is 39.6 Å². The number of unbranched alkanes of at least 4 members (excludes halogenated alkanes) is 11. The SMILES string of the molecule is CCCCCCCCCCCCCCN(C(=O)c1ccc(O)cc1)C(O)C(=N)N. The molecule has 0 aliphatic rings. The molecule has 0 aliphatic carbocycles. The second-order valence-electron chi connectivity index (χ2n) is 7.76. The number of aliphatic hydroxyl groups is 1. The second kappa shape index (κ2) is 14.9. The van der Waals surface area contributed by atoms with Gasteiger partial charge >= 0.3 is 0 Å². The van der Waals surface area contributed by atoms with Gasteiger partial charge in [0, 0.05) is 12.1 Å². The Hall–Kier alpha value is -2.08. The number of phenolic OH excluding ortho intramolecular Hbond substituents is 1. The zero-order valence-corrected chi connectivity index (χ0v) is 17.9. The molecule has 0 aromatic heterocycles. The molecule has 0 radical (unpaired) electrons. The van der Waals surface area contributed by atoms with Gasteiger partial charge in [0.15, 0.2) is 6.23 Å². The Morgan fingerprint density at radius 1 is 0.931 bits per heavy atom. The smallest absolute Gasteiger partial charge is 0.256 e. The van der Waals surface area contributed by atoms with E-state index < -0.39 is 18.0 Å². The fraction of sp³-hybridized carbons (Fsp3) is 0.652. The van der Waals surface area contributed by atoms with Gasteiger partial charge in [-0.05, 0) is 30.7 Å². The number of nitrogens with two attached hydrogens (primary N) is 1. The molecule has 0 saturated carbocycles. The topological polar surface area (TPSA) is 111 Å². The molecule has 6 heteroatoms. The van der Waals surface area contributed by atoms with Crippen molar-refractivity contribution in [3.8, 4) is 5.75 Å². The summed E-state index contributed by atoms with van der Waals surface area (Å²) in [4.78, 5) is 13.9. The van der Waals surface area contributed by atoms with Gasteiger partial charge in [0.25, 0.3) is 5.91 Å². The fourth-order valence-corrected chi connectivity index (χ4v) is 3.40. The largest absolute Gasteiger partial charge is 0.508 e. The minimum absolute atomic E-state index is 0.0705. The Labute approximate surface area is 175 Å². The van der Waals surface area contributed by atoms with Crippen LogP contribution in [0.25, 0.3) is 0 Å². The monoisotopic (exact) mass is 405 g/mol. The summed E-state index contributed by atoms with van der Waals surface area (Å²) < 4.78 is 0. The summed E-state index contributed by atoms with van der Waals surface area (Å²) in [6.45, 7) is 2.58. The first-order valence-corrected chi connectivity index (χ1v) is 11.1. The summed E-state index contributed by atoms with van der Waals surface area (Å²) in [5.41, 5.74) is 5.76. The predicted molar refractivity (Wildman–Crippen MR) is 118 cm³/mol. The van der Waals surface area contributed by atoms with Gasteiger partial charge < -0.3 is 20.8 Å². The van der Waals surface area contributed by atoms with E-state index in [-0.39, 0.29) is 5.75 Å². The van der Waals surface area contributed by atoms with Gasteiger partial charge in [0.1, 0.15) is 11.6 Å². The Morgan fingerprint density at radius 2 is 1.38 bits per heavy atom. The quantitative estimate of drug-likeness (QED) is 0.137. The molecule has 1 aromatic carbocycles. The predicted octanol–water partition coefficient (Wildman–Crippen LogP) is 4.79. The third-order valence-electron chi connectivity index (χ3n) is 5.20. The Balaban J connectivity index is 2.29. The third-order valence-corrected chi connectivity index (χ3v) is 5.20. The van der Waals surface area contributed by atoms with Crippen LogP contribution in [0.1, 0.15) is 94.3 Å². The van der Waals surface area contributed by atoms with Gasteiger partial charge in [0.2, 0.25) is 0 Å². The minimum Gasteiger partial charge on any atom is -0.508 e. The second-order valence-corrected chi connectivity index (χ2v) is 7.76. The van der Waals surface area contributed by atoms with Crippen molar-refractivity contribution in [2.45, 2.75) is 90.2 Å². The molecule has 6 nitrogen and oxygen atoms in total. The standard InChI is InChI=1S/C23H39N3O3/c1-2-3-4-5-6-7-8-9-10-11-12-13-18-26(23(29)21(24)25)22(28)19-14-16-20(27)17-15-19/h14-17,23,27,29H,2-13,18H2,1H3,(H3,24,25). The summed E-state index contributed by atoms with van der Waals surface area (Å²) in [7, 11) is 0. The molecule has 1 amide bonds. The van der Waals surface area contributed by atoms with E-state index in [9.17, 15) is 15.0 Å². The van der Waals surface area contributed by atoms with Crippen LogP contribution in [0.4, 0.5) is 0 Å². The van der Waals surface area contributed by atoms with E-state index in [0.717, 1.165) is 19.3 Å². The normalized spacial score (nSPS) is 11.9. The number of hydrogen-bond acceptors (Lipinski definition) is 4. The number of amides is 1. The van der Waals surface area contributed by atoms with E-state index in [4.69, 9.17) is 11.1 Å². The van der Waals surface area contributed by atoms with E-state index in [1.165, 1.54) is 87.0 Å². The number of carbonyl (C=O) groups is 1. The molecule has 0 heterocycles. The van der Waals surface area contributed by atoms with E-state index in [1.807, 2.05) is 0 Å². The zero-order chi connectivity index (χ0) is 21.5. The van der Waals surface area contributed by atoms with Crippen molar-refractivity contribution in [1.29, 1.82) is 5.41 Å². The van der Waals surface area contributed by atoms with Gasteiger partial charge in [-0.3, -0.25) is 10.2 Å². The molecule has 1 aromatic rings. The Kier molecular flexibility index (Phi) is 12.8. The lowest BCUT2D eigenvalue weighted by Gasteiger charge is -2.27. The van der Waals surface area contributed by atoms with Crippen molar-refractivity contribution in [2.24, 2.45) is 5.73 Å². The Morgan fingerprint density at radius 3 is 1.83 bits per heavy atom. The van der Waals surface area contributed by atoms with Crippen molar-refractivity contribution in [1.82, 2.24) is 4.90 Å². The fourth-order valence-electron chi connectivity index (χ4n) is 3.40. The highest BCUT2D eigenvalue weighted by Gasteiger charge is 2.24. The first-order chi connectivity index (χ1) is 14.0. The highest BCUT2D eigenvalue weighted by molar-refractivity contribution is 5.97. The number of nitrogens with one attached hydrogen (secondary N) is 1. The number of phenols is 1. The Bertz CT molecular complexity index is 590. The van der Waals surface area contributed by atoms with Crippen LogP contribution in [0.2, 0.25) is 0 Å². The number of hydrogen-bond donors (Lipinski definition) is 4. The maximum absolute atomic E-state index is 12.7. The summed E-state index contributed by atoms with van der Waals surface area (Å²) in [6.07, 6.45) is 13.2. The molecule has 1 atom stereocenters. The van der Waals surface area contributed by atoms with Crippen molar-refractivity contribution in [2.75, 3.05) is 6.54 Å². The molecular weight excluding hydrogens is 366 g/mol. The molecule has 29 heavy (non-hydrogen) atoms. The molecule has 0 spiro atoms. The number of aliphatic hydroxyl groups excluding tert-OH is 1. The third kappa shape index (κ3) is 10.3. The van der Waals surface area contributed by atoms with Gasteiger partial charge in [0.05, 0.1) is 0 Å². The van der Waals surface area contributed by atoms with E-state index in [0.29, 0.717) is 12.1 Å². The lowest BCUT2D eigenvalue weighted by atomic mass is 10.1. The highest BCUT2D eigenvalue weighted by Crippen LogP contribution is 2.15. The maximum atomic E-state index is 12.7. The number of benzene rings is 1. The van der Waals surface area contributed by atoms with Crippen LogP contribution < -0.4 is 5.73 Å². The lowest BCUT2D eigenvalue weighted by Crippen LogP contribution is -2.48. The first kappa shape index (κ1) is 25.0. The average Bonchev–Trinajstić information content (AvgIpc) is 2.71. The molecule has 0 aliphatic heterocycles. The van der Waals surface area contributed by atoms with Crippen LogP contribution in [0.3, 0.4) is 0 Å². The molecule has 0 bridgehead atoms. The van der Waals surface area contributed by atoms with Crippen molar-refractivity contribution >= 4 is 11.7 Å². The van der Waals surface area contributed by atoms with E-state index in [2.05, 4.69) is 6.92 Å². The number of amidine groups is 1. The average molecular weight is 406 g/mol. The van der Waals surface area contributed by atoms with Crippen LogP contribution in [0.15, 0.2) is 24.3 Å². The molecule has 1 unspecified atom stereocenters. The van der Waals surface area contributed by atoms with Gasteiger partial charge in [-0.2, -0.15) is 0 Å². The first-order valence-electron chi connectivity index (χ1n) is 11.1. The van der Waals surface area contributed by atoms with Crippen LogP contribution in [0, 0.1) is 5.41 Å².